The van der Waals surface area contributed by atoms with Crippen LogP contribution in [0.5, 0.6) is 0 Å². The number of aryl methyl sites for hydroxylation is 2. The largest absolute Gasteiger partial charge is 0.295 e. The van der Waals surface area contributed by atoms with Crippen molar-refractivity contribution in [2.75, 3.05) is 0 Å². The first kappa shape index (κ1) is 13.4. The zero-order valence-corrected chi connectivity index (χ0v) is 11.3. The first-order valence-corrected chi connectivity index (χ1v) is 6.32. The van der Waals surface area contributed by atoms with E-state index in [2.05, 4.69) is 10.1 Å². The number of halogens is 1. The van der Waals surface area contributed by atoms with Crippen LogP contribution in [0.4, 0.5) is 4.39 Å². The zero-order chi connectivity index (χ0) is 14.0. The highest BCUT2D eigenvalue weighted by Gasteiger charge is 2.14. The summed E-state index contributed by atoms with van der Waals surface area (Å²) in [5.74, 6) is 0.780. The molecular formula is C14H16FN3O. The molecular weight excluding hydrogens is 245 g/mol. The van der Waals surface area contributed by atoms with Gasteiger partial charge in [0.05, 0.1) is 0 Å². The Balaban J connectivity index is 2.52. The number of rotatable bonds is 4. The van der Waals surface area contributed by atoms with Gasteiger partial charge in [-0.3, -0.25) is 4.79 Å². The summed E-state index contributed by atoms with van der Waals surface area (Å²) in [7, 11) is 0. The molecule has 0 aliphatic rings. The number of benzene rings is 1. The molecule has 2 rings (SSSR count). The van der Waals surface area contributed by atoms with Gasteiger partial charge in [-0.15, -0.1) is 0 Å². The predicted molar refractivity (Wildman–Crippen MR) is 70.1 cm³/mol. The third-order valence-corrected chi connectivity index (χ3v) is 2.93. The van der Waals surface area contributed by atoms with Crippen molar-refractivity contribution in [2.24, 2.45) is 0 Å². The predicted octanol–water partition coefficient (Wildman–Crippen LogP) is 2.73. The molecule has 4 nitrogen and oxygen atoms in total. The Labute approximate surface area is 111 Å². The van der Waals surface area contributed by atoms with Gasteiger partial charge in [-0.2, -0.15) is 5.10 Å². The maximum atomic E-state index is 14.1. The summed E-state index contributed by atoms with van der Waals surface area (Å²) in [6.45, 7) is 5.31. The highest BCUT2D eigenvalue weighted by Crippen LogP contribution is 2.17. The Kier molecular flexibility index (Phi) is 3.74. The van der Waals surface area contributed by atoms with E-state index < -0.39 is 5.82 Å². The van der Waals surface area contributed by atoms with Gasteiger partial charge in [-0.05, 0) is 25.1 Å². The van der Waals surface area contributed by atoms with Crippen molar-refractivity contribution in [3.05, 3.63) is 41.2 Å². The lowest BCUT2D eigenvalue weighted by Crippen LogP contribution is -2.06. The van der Waals surface area contributed by atoms with Crippen LogP contribution in [0, 0.1) is 5.82 Å². The molecule has 1 aromatic heterocycles. The van der Waals surface area contributed by atoms with Crippen molar-refractivity contribution < 1.29 is 9.18 Å². The number of carbonyl (C=O) groups excluding carboxylic acids is 1. The van der Waals surface area contributed by atoms with Crippen molar-refractivity contribution >= 4 is 5.78 Å². The minimum absolute atomic E-state index is 0.158. The molecule has 5 heteroatoms. The van der Waals surface area contributed by atoms with Crippen molar-refractivity contribution in [3.8, 4) is 5.69 Å². The Morgan fingerprint density at radius 1 is 1.32 bits per heavy atom. The van der Waals surface area contributed by atoms with Crippen LogP contribution in [-0.4, -0.2) is 20.5 Å². The van der Waals surface area contributed by atoms with Gasteiger partial charge >= 0.3 is 0 Å². The van der Waals surface area contributed by atoms with Crippen LogP contribution in [0.15, 0.2) is 18.2 Å². The van der Waals surface area contributed by atoms with Crippen LogP contribution in [0.3, 0.4) is 0 Å². The third kappa shape index (κ3) is 2.54. The summed E-state index contributed by atoms with van der Waals surface area (Å²) >= 11 is 0. The molecule has 0 aliphatic heterocycles. The molecule has 0 N–H and O–H groups in total. The van der Waals surface area contributed by atoms with E-state index in [0.29, 0.717) is 35.7 Å². The summed E-state index contributed by atoms with van der Waals surface area (Å²) in [5.41, 5.74) is 0.684. The van der Waals surface area contributed by atoms with Gasteiger partial charge in [0.1, 0.15) is 17.3 Å². The molecule has 0 atom stereocenters. The highest BCUT2D eigenvalue weighted by molar-refractivity contribution is 5.94. The third-order valence-electron chi connectivity index (χ3n) is 2.93. The van der Waals surface area contributed by atoms with Crippen molar-refractivity contribution in [1.82, 2.24) is 14.8 Å². The molecule has 100 valence electrons. The number of carbonyl (C=O) groups is 1. The van der Waals surface area contributed by atoms with E-state index in [1.807, 2.05) is 13.8 Å². The number of nitrogens with zero attached hydrogens (tertiary/aromatic N) is 3. The molecule has 1 heterocycles. The monoisotopic (exact) mass is 261 g/mol. The molecule has 0 saturated heterocycles. The van der Waals surface area contributed by atoms with E-state index in [1.165, 1.54) is 17.7 Å². The zero-order valence-electron chi connectivity index (χ0n) is 11.3. The van der Waals surface area contributed by atoms with Gasteiger partial charge in [0.25, 0.3) is 0 Å². The van der Waals surface area contributed by atoms with Crippen LogP contribution in [0.1, 0.15) is 42.8 Å². The average Bonchev–Trinajstić information content (AvgIpc) is 2.81. The summed E-state index contributed by atoms with van der Waals surface area (Å²) in [6, 6.07) is 4.41. The first-order valence-electron chi connectivity index (χ1n) is 6.32. The lowest BCUT2D eigenvalue weighted by Gasteiger charge is -2.06. The van der Waals surface area contributed by atoms with E-state index in [0.717, 1.165) is 0 Å². The van der Waals surface area contributed by atoms with Crippen molar-refractivity contribution in [3.63, 3.8) is 0 Å². The minimum Gasteiger partial charge on any atom is -0.295 e. The van der Waals surface area contributed by atoms with E-state index in [9.17, 15) is 9.18 Å². The van der Waals surface area contributed by atoms with Crippen LogP contribution in [0.2, 0.25) is 0 Å². The van der Waals surface area contributed by atoms with Gasteiger partial charge in [0, 0.05) is 18.4 Å². The molecule has 19 heavy (non-hydrogen) atoms. The van der Waals surface area contributed by atoms with Gasteiger partial charge in [0.2, 0.25) is 0 Å². The maximum Gasteiger partial charge on any atom is 0.159 e. The molecule has 0 bridgehead atoms. The van der Waals surface area contributed by atoms with E-state index in [1.54, 1.807) is 12.1 Å². The maximum absolute atomic E-state index is 14.1. The molecule has 0 aliphatic carbocycles. The second-order valence-electron chi connectivity index (χ2n) is 4.29. The lowest BCUT2D eigenvalue weighted by atomic mass is 10.1. The lowest BCUT2D eigenvalue weighted by molar-refractivity contribution is 0.101. The Morgan fingerprint density at radius 2 is 2.05 bits per heavy atom. The molecule has 0 amide bonds. The second kappa shape index (κ2) is 5.30. The molecule has 0 spiro atoms. The summed E-state index contributed by atoms with van der Waals surface area (Å²) in [5, 5.41) is 4.29. The Bertz CT molecular complexity index is 619. The minimum atomic E-state index is -0.463. The summed E-state index contributed by atoms with van der Waals surface area (Å²) in [4.78, 5) is 15.6. The van der Waals surface area contributed by atoms with E-state index in [4.69, 9.17) is 0 Å². The molecule has 1 aromatic carbocycles. The van der Waals surface area contributed by atoms with Crippen molar-refractivity contribution in [2.45, 2.75) is 33.6 Å². The SMILES string of the molecule is CCc1nc(CC)n(-c2ccc(C(C)=O)cc2F)n1. The fourth-order valence-corrected chi connectivity index (χ4v) is 1.86. The molecule has 0 saturated carbocycles. The van der Waals surface area contributed by atoms with E-state index >= 15 is 0 Å². The quantitative estimate of drug-likeness (QED) is 0.795. The number of ketones is 1. The number of hydrogen-bond donors (Lipinski definition) is 0. The van der Waals surface area contributed by atoms with Gasteiger partial charge in [0.15, 0.2) is 11.6 Å². The van der Waals surface area contributed by atoms with Gasteiger partial charge in [-0.25, -0.2) is 14.1 Å². The number of aromatic nitrogens is 3. The Morgan fingerprint density at radius 3 is 2.58 bits per heavy atom. The fraction of sp³-hybridized carbons (Fsp3) is 0.357. The van der Waals surface area contributed by atoms with Crippen LogP contribution in [0.25, 0.3) is 5.69 Å². The van der Waals surface area contributed by atoms with Gasteiger partial charge < -0.3 is 0 Å². The number of Topliss-reactive ketones (excluding diaryl/α,β-unsaturated/α-hetero) is 1. The van der Waals surface area contributed by atoms with Gasteiger partial charge in [-0.1, -0.05) is 13.8 Å². The first-order chi connectivity index (χ1) is 9.06. The smallest absolute Gasteiger partial charge is 0.159 e. The molecule has 0 fully saturated rings. The van der Waals surface area contributed by atoms with Crippen molar-refractivity contribution in [1.29, 1.82) is 0 Å². The second-order valence-corrected chi connectivity index (χ2v) is 4.29. The fourth-order valence-electron chi connectivity index (χ4n) is 1.86. The molecule has 0 unspecified atom stereocenters. The molecule has 0 radical (unpaired) electrons. The number of hydrogen-bond acceptors (Lipinski definition) is 3. The summed E-state index contributed by atoms with van der Waals surface area (Å²) < 4.78 is 15.6. The summed E-state index contributed by atoms with van der Waals surface area (Å²) in [6.07, 6.45) is 1.37. The van der Waals surface area contributed by atoms with E-state index in [-0.39, 0.29) is 5.78 Å². The standard InChI is InChI=1S/C14H16FN3O/c1-4-13-16-14(5-2)18(17-13)12-7-6-10(9(3)19)8-11(12)15/h6-8H,4-5H2,1-3H3. The molecule has 2 aromatic rings. The van der Waals surface area contributed by atoms with Crippen LogP contribution >= 0.6 is 0 Å². The average molecular weight is 261 g/mol. The normalized spacial score (nSPS) is 10.7. The van der Waals surface area contributed by atoms with Crippen LogP contribution in [-0.2, 0) is 12.8 Å². The Hall–Kier alpha value is -2.04. The van der Waals surface area contributed by atoms with Crippen LogP contribution < -0.4 is 0 Å². The highest BCUT2D eigenvalue weighted by atomic mass is 19.1. The topological polar surface area (TPSA) is 47.8 Å².